The molecule has 2 aliphatic rings. The zero-order valence-electron chi connectivity index (χ0n) is 28.8. The number of aryl methyl sites for hydroxylation is 4. The maximum atomic E-state index is 2.59. The summed E-state index contributed by atoms with van der Waals surface area (Å²) in [5.74, 6) is 0. The Morgan fingerprint density at radius 1 is 0.360 bits per heavy atom. The van der Waals surface area contributed by atoms with E-state index < -0.39 is 0 Å². The molecule has 0 amide bonds. The van der Waals surface area contributed by atoms with Crippen LogP contribution in [0.1, 0.15) is 22.3 Å². The van der Waals surface area contributed by atoms with Crippen LogP contribution in [0.4, 0.5) is 0 Å². The normalized spacial score (nSPS) is 13.1. The summed E-state index contributed by atoms with van der Waals surface area (Å²) in [5, 5.41) is 5.34. The van der Waals surface area contributed by atoms with E-state index in [1.807, 2.05) is 0 Å². The Hall–Kier alpha value is -5.73. The Bertz CT molecular complexity index is 2720. The van der Waals surface area contributed by atoms with Gasteiger partial charge in [-0.1, -0.05) is 124 Å². The van der Waals surface area contributed by atoms with Gasteiger partial charge < -0.3 is 9.13 Å². The van der Waals surface area contributed by atoms with E-state index in [2.05, 4.69) is 170 Å². The van der Waals surface area contributed by atoms with Crippen molar-refractivity contribution < 1.29 is 0 Å². The molecule has 7 aromatic carbocycles. The lowest BCUT2D eigenvalue weighted by Gasteiger charge is -2.33. The fraction of sp³-hybridized carbons (Fsp3) is 0.0870. The summed E-state index contributed by atoms with van der Waals surface area (Å²) in [5.41, 5.74) is 21.1. The van der Waals surface area contributed by atoms with Crippen molar-refractivity contribution in [3.8, 4) is 11.4 Å². The molecule has 9 aromatic rings. The van der Waals surface area contributed by atoms with E-state index >= 15 is 0 Å². The fourth-order valence-corrected chi connectivity index (χ4v) is 9.63. The van der Waals surface area contributed by atoms with Crippen LogP contribution in [0.2, 0.25) is 0 Å². The van der Waals surface area contributed by atoms with Gasteiger partial charge in [0.05, 0.1) is 11.0 Å². The standard InChI is InChI=1S/C46H34B2N2/c1-27-15-17-41-33(19-27)35-21-29(3)23-39-45(35)49(41)43-26-44-38(25-37(43)47(39)31-11-7-5-8-12-31)48(32-13-9-6-10-14-32)40-24-30(4)22-36-34-20-28(2)16-18-42(34)50(44)46(36)40/h5-26H,1-4H3. The predicted octanol–water partition coefficient (Wildman–Crippen LogP) is 6.77. The fourth-order valence-electron chi connectivity index (χ4n) is 9.63. The summed E-state index contributed by atoms with van der Waals surface area (Å²) in [7, 11) is 0. The summed E-state index contributed by atoms with van der Waals surface area (Å²) < 4.78 is 5.17. The minimum atomic E-state index is 0.108. The average Bonchev–Trinajstić information content (AvgIpc) is 3.61. The van der Waals surface area contributed by atoms with Gasteiger partial charge in [-0.05, 0) is 92.0 Å². The van der Waals surface area contributed by atoms with Gasteiger partial charge in [0.15, 0.2) is 0 Å². The van der Waals surface area contributed by atoms with Crippen molar-refractivity contribution in [1.82, 2.24) is 9.13 Å². The summed E-state index contributed by atoms with van der Waals surface area (Å²) in [6.45, 7) is 9.15. The third-order valence-corrected chi connectivity index (χ3v) is 11.5. The number of nitrogens with zero attached hydrogens (tertiary/aromatic N) is 2. The highest BCUT2D eigenvalue weighted by Crippen LogP contribution is 2.38. The molecular weight excluding hydrogens is 602 g/mol. The Morgan fingerprint density at radius 3 is 1.22 bits per heavy atom. The number of rotatable bonds is 2. The second kappa shape index (κ2) is 9.92. The van der Waals surface area contributed by atoms with Crippen LogP contribution < -0.4 is 32.8 Å². The molecule has 0 N–H and O–H groups in total. The molecule has 0 fully saturated rings. The molecule has 0 aliphatic carbocycles. The van der Waals surface area contributed by atoms with Gasteiger partial charge in [-0.2, -0.15) is 0 Å². The molecule has 4 heterocycles. The van der Waals surface area contributed by atoms with Gasteiger partial charge in [0.2, 0.25) is 13.4 Å². The van der Waals surface area contributed by atoms with Crippen molar-refractivity contribution in [1.29, 1.82) is 0 Å². The van der Waals surface area contributed by atoms with Gasteiger partial charge in [0.25, 0.3) is 0 Å². The molecule has 4 heteroatoms. The number of hydrogen-bond acceptors (Lipinski definition) is 0. The zero-order chi connectivity index (χ0) is 33.4. The van der Waals surface area contributed by atoms with E-state index in [1.54, 1.807) is 0 Å². The maximum Gasteiger partial charge on any atom is 0.246 e. The number of benzene rings is 7. The predicted molar refractivity (Wildman–Crippen MR) is 216 cm³/mol. The Kier molecular flexibility index (Phi) is 5.58. The monoisotopic (exact) mass is 636 g/mol. The topological polar surface area (TPSA) is 9.86 Å². The minimum absolute atomic E-state index is 0.108. The summed E-state index contributed by atoms with van der Waals surface area (Å²) >= 11 is 0. The molecule has 0 atom stereocenters. The maximum absolute atomic E-state index is 2.59. The molecule has 2 aromatic heterocycles. The molecular formula is C46H34B2N2. The lowest BCUT2D eigenvalue weighted by Crippen LogP contribution is -2.61. The van der Waals surface area contributed by atoms with Gasteiger partial charge >= 0.3 is 0 Å². The minimum Gasteiger partial charge on any atom is -0.310 e. The Labute approximate surface area is 292 Å². The quantitative estimate of drug-likeness (QED) is 0.186. The van der Waals surface area contributed by atoms with Crippen molar-refractivity contribution in [2.24, 2.45) is 0 Å². The molecule has 2 aliphatic heterocycles. The van der Waals surface area contributed by atoms with Gasteiger partial charge in [-0.15, -0.1) is 0 Å². The van der Waals surface area contributed by atoms with Crippen LogP contribution >= 0.6 is 0 Å². The highest BCUT2D eigenvalue weighted by molar-refractivity contribution is 7.00. The van der Waals surface area contributed by atoms with E-state index in [0.717, 1.165) is 0 Å². The van der Waals surface area contributed by atoms with Crippen LogP contribution in [-0.4, -0.2) is 22.6 Å². The number of aromatic nitrogens is 2. The third kappa shape index (κ3) is 3.66. The van der Waals surface area contributed by atoms with Crippen LogP contribution in [0.15, 0.2) is 133 Å². The second-order valence-electron chi connectivity index (χ2n) is 14.9. The Balaban J connectivity index is 1.35. The zero-order valence-corrected chi connectivity index (χ0v) is 28.8. The van der Waals surface area contributed by atoms with Crippen LogP contribution in [-0.2, 0) is 0 Å². The summed E-state index contributed by atoms with van der Waals surface area (Å²) in [4.78, 5) is 0. The molecule has 234 valence electrons. The highest BCUT2D eigenvalue weighted by atomic mass is 15.0. The van der Waals surface area contributed by atoms with Crippen molar-refractivity contribution in [2.75, 3.05) is 0 Å². The first kappa shape index (κ1) is 28.1. The molecule has 11 rings (SSSR count). The molecule has 0 spiro atoms. The van der Waals surface area contributed by atoms with Crippen molar-refractivity contribution in [2.45, 2.75) is 27.7 Å². The SMILES string of the molecule is Cc1ccc2c(c1)c1cc(C)cc3c1n2-c1cc2c(cc1B3c1ccccc1)B(c1ccccc1)c1cc(C)cc3c4cc(C)ccc4n-2c13. The number of fused-ring (bicyclic) bond motifs is 10. The lowest BCUT2D eigenvalue weighted by molar-refractivity contribution is 1.14. The molecule has 0 radical (unpaired) electrons. The summed E-state index contributed by atoms with van der Waals surface area (Å²) in [6.07, 6.45) is 0. The van der Waals surface area contributed by atoms with Crippen LogP contribution in [0.3, 0.4) is 0 Å². The van der Waals surface area contributed by atoms with Gasteiger partial charge in [-0.3, -0.25) is 0 Å². The molecule has 0 unspecified atom stereocenters. The van der Waals surface area contributed by atoms with Crippen LogP contribution in [0, 0.1) is 27.7 Å². The molecule has 0 saturated carbocycles. The van der Waals surface area contributed by atoms with E-state index in [4.69, 9.17) is 0 Å². The Morgan fingerprint density at radius 2 is 0.780 bits per heavy atom. The smallest absolute Gasteiger partial charge is 0.246 e. The van der Waals surface area contributed by atoms with Crippen LogP contribution in [0.25, 0.3) is 55.0 Å². The van der Waals surface area contributed by atoms with Crippen molar-refractivity contribution in [3.63, 3.8) is 0 Å². The van der Waals surface area contributed by atoms with Gasteiger partial charge in [0, 0.05) is 44.0 Å². The molecule has 0 saturated heterocycles. The average molecular weight is 636 g/mol. The van der Waals surface area contributed by atoms with Crippen LogP contribution in [0.5, 0.6) is 0 Å². The first-order valence-electron chi connectivity index (χ1n) is 17.8. The van der Waals surface area contributed by atoms with E-state index in [9.17, 15) is 0 Å². The largest absolute Gasteiger partial charge is 0.310 e. The molecule has 0 bridgehead atoms. The lowest BCUT2D eigenvalue weighted by atomic mass is 9.32. The first-order valence-corrected chi connectivity index (χ1v) is 17.8. The van der Waals surface area contributed by atoms with Crippen molar-refractivity contribution in [3.05, 3.63) is 156 Å². The van der Waals surface area contributed by atoms with Crippen molar-refractivity contribution >= 4 is 89.8 Å². The van der Waals surface area contributed by atoms with E-state index in [0.29, 0.717) is 0 Å². The number of hydrogen-bond donors (Lipinski definition) is 0. The third-order valence-electron chi connectivity index (χ3n) is 11.5. The van der Waals surface area contributed by atoms with E-state index in [-0.39, 0.29) is 13.4 Å². The molecule has 50 heavy (non-hydrogen) atoms. The summed E-state index contributed by atoms with van der Waals surface area (Å²) in [6, 6.07) is 51.2. The van der Waals surface area contributed by atoms with Gasteiger partial charge in [0.1, 0.15) is 0 Å². The molecule has 2 nitrogen and oxygen atoms in total. The first-order chi connectivity index (χ1) is 24.4. The highest BCUT2D eigenvalue weighted by Gasteiger charge is 2.39. The van der Waals surface area contributed by atoms with Gasteiger partial charge in [-0.25, -0.2) is 0 Å². The van der Waals surface area contributed by atoms with E-state index in [1.165, 1.54) is 110 Å². The second-order valence-corrected chi connectivity index (χ2v) is 14.9.